The van der Waals surface area contributed by atoms with E-state index in [1.807, 2.05) is 11.7 Å². The van der Waals surface area contributed by atoms with Gasteiger partial charge in [0.1, 0.15) is 0 Å². The minimum atomic E-state index is 0.709. The Balaban J connectivity index is 1.62. The Kier molecular flexibility index (Phi) is 5.99. The van der Waals surface area contributed by atoms with Gasteiger partial charge in [0, 0.05) is 44.5 Å². The Labute approximate surface area is 152 Å². The van der Waals surface area contributed by atoms with Crippen molar-refractivity contribution >= 4 is 5.96 Å². The predicted molar refractivity (Wildman–Crippen MR) is 103 cm³/mol. The van der Waals surface area contributed by atoms with E-state index >= 15 is 0 Å². The molecule has 140 valence electrons. The molecule has 25 heavy (non-hydrogen) atoms. The molecule has 2 aliphatic heterocycles. The van der Waals surface area contributed by atoms with Crippen LogP contribution in [0.15, 0.2) is 4.99 Å². The molecule has 1 unspecified atom stereocenters. The summed E-state index contributed by atoms with van der Waals surface area (Å²) in [4.78, 5) is 10.0. The molecule has 2 aliphatic rings. The Hall–Kier alpha value is -1.56. The highest BCUT2D eigenvalue weighted by atomic mass is 15.3. The topological polar surface area (TPSA) is 48.7 Å². The first kappa shape index (κ1) is 18.2. The molecule has 1 aromatic heterocycles. The zero-order valence-electron chi connectivity index (χ0n) is 16.4. The summed E-state index contributed by atoms with van der Waals surface area (Å²) in [6.07, 6.45) is 4.04. The molecule has 0 aliphatic carbocycles. The van der Waals surface area contributed by atoms with Crippen molar-refractivity contribution < 1.29 is 0 Å². The van der Waals surface area contributed by atoms with Gasteiger partial charge in [-0.2, -0.15) is 5.10 Å². The Morgan fingerprint density at radius 3 is 2.64 bits per heavy atom. The smallest absolute Gasteiger partial charge is 0.194 e. The lowest BCUT2D eigenvalue weighted by Crippen LogP contribution is -2.40. The van der Waals surface area contributed by atoms with Gasteiger partial charge in [0.25, 0.3) is 0 Å². The molecule has 0 aromatic carbocycles. The summed E-state index contributed by atoms with van der Waals surface area (Å²) < 4.78 is 1.95. The summed E-state index contributed by atoms with van der Waals surface area (Å²) in [6.45, 7) is 14.1. The van der Waals surface area contributed by atoms with Crippen molar-refractivity contribution in [1.82, 2.24) is 24.9 Å². The standard InChI is InChI=1S/C19H34N6/c1-5-20-19(21-12-18-15(2)22-23(4)16(18)3)25-11-8-17(14-25)13-24-9-6-7-10-24/h17H,5-14H2,1-4H3,(H,20,21). The number of guanidine groups is 1. The summed E-state index contributed by atoms with van der Waals surface area (Å²) in [6, 6.07) is 0. The minimum absolute atomic E-state index is 0.709. The second-order valence-corrected chi connectivity index (χ2v) is 7.55. The van der Waals surface area contributed by atoms with Crippen molar-refractivity contribution in [3.8, 4) is 0 Å². The van der Waals surface area contributed by atoms with Gasteiger partial charge in [0.05, 0.1) is 12.2 Å². The number of aromatic nitrogens is 2. The fourth-order valence-corrected chi connectivity index (χ4v) is 4.13. The van der Waals surface area contributed by atoms with Crippen LogP contribution in [0.5, 0.6) is 0 Å². The summed E-state index contributed by atoms with van der Waals surface area (Å²) in [7, 11) is 2.00. The minimum Gasteiger partial charge on any atom is -0.357 e. The molecular formula is C19H34N6. The van der Waals surface area contributed by atoms with E-state index in [0.717, 1.165) is 37.2 Å². The maximum absolute atomic E-state index is 4.93. The largest absolute Gasteiger partial charge is 0.357 e. The van der Waals surface area contributed by atoms with Gasteiger partial charge in [-0.1, -0.05) is 0 Å². The summed E-state index contributed by atoms with van der Waals surface area (Å²) in [5.74, 6) is 1.85. The van der Waals surface area contributed by atoms with Crippen LogP contribution in [-0.2, 0) is 13.6 Å². The molecule has 1 aromatic rings. The van der Waals surface area contributed by atoms with Crippen LogP contribution >= 0.6 is 0 Å². The van der Waals surface area contributed by atoms with Crippen molar-refractivity contribution in [2.75, 3.05) is 39.3 Å². The molecule has 6 nitrogen and oxygen atoms in total. The van der Waals surface area contributed by atoms with E-state index in [1.165, 1.54) is 50.2 Å². The Morgan fingerprint density at radius 2 is 2.00 bits per heavy atom. The maximum atomic E-state index is 4.93. The molecule has 0 amide bonds. The molecular weight excluding hydrogens is 312 g/mol. The van der Waals surface area contributed by atoms with E-state index in [0.29, 0.717) is 6.54 Å². The predicted octanol–water partition coefficient (Wildman–Crippen LogP) is 1.92. The fourth-order valence-electron chi connectivity index (χ4n) is 4.13. The number of aliphatic imine (C=N–C) groups is 1. The molecule has 2 saturated heterocycles. The normalized spacial score (nSPS) is 22.2. The van der Waals surface area contributed by atoms with Gasteiger partial charge in [-0.3, -0.25) is 4.68 Å². The van der Waals surface area contributed by atoms with Crippen LogP contribution in [0.1, 0.15) is 43.1 Å². The SMILES string of the molecule is CCNC(=NCc1c(C)nn(C)c1C)N1CCC(CN2CCCC2)C1. The van der Waals surface area contributed by atoms with Crippen LogP contribution in [0.3, 0.4) is 0 Å². The third-order valence-electron chi connectivity index (χ3n) is 5.68. The monoisotopic (exact) mass is 346 g/mol. The Bertz CT molecular complexity index is 599. The summed E-state index contributed by atoms with van der Waals surface area (Å²) in [5.41, 5.74) is 3.56. The molecule has 0 spiro atoms. The molecule has 1 atom stereocenters. The van der Waals surface area contributed by atoms with Gasteiger partial charge < -0.3 is 15.1 Å². The highest BCUT2D eigenvalue weighted by molar-refractivity contribution is 5.80. The molecule has 2 fully saturated rings. The lowest BCUT2D eigenvalue weighted by molar-refractivity contribution is 0.281. The van der Waals surface area contributed by atoms with Gasteiger partial charge in [-0.05, 0) is 59.0 Å². The van der Waals surface area contributed by atoms with Gasteiger partial charge in [-0.15, -0.1) is 0 Å². The number of likely N-dealkylation sites (tertiary alicyclic amines) is 2. The third-order valence-corrected chi connectivity index (χ3v) is 5.68. The number of hydrogen-bond donors (Lipinski definition) is 1. The first-order valence-corrected chi connectivity index (χ1v) is 9.83. The van der Waals surface area contributed by atoms with Gasteiger partial charge in [-0.25, -0.2) is 4.99 Å². The fraction of sp³-hybridized carbons (Fsp3) is 0.789. The first-order valence-electron chi connectivity index (χ1n) is 9.83. The second-order valence-electron chi connectivity index (χ2n) is 7.55. The van der Waals surface area contributed by atoms with E-state index in [-0.39, 0.29) is 0 Å². The van der Waals surface area contributed by atoms with Crippen molar-refractivity contribution in [2.24, 2.45) is 18.0 Å². The highest BCUT2D eigenvalue weighted by Crippen LogP contribution is 2.20. The van der Waals surface area contributed by atoms with E-state index < -0.39 is 0 Å². The van der Waals surface area contributed by atoms with E-state index in [2.05, 4.69) is 41.0 Å². The zero-order valence-corrected chi connectivity index (χ0v) is 16.4. The average molecular weight is 347 g/mol. The first-order chi connectivity index (χ1) is 12.1. The van der Waals surface area contributed by atoms with E-state index in [1.54, 1.807) is 0 Å². The van der Waals surface area contributed by atoms with Crippen molar-refractivity contribution in [2.45, 2.75) is 46.6 Å². The number of hydrogen-bond acceptors (Lipinski definition) is 3. The molecule has 1 N–H and O–H groups in total. The lowest BCUT2D eigenvalue weighted by Gasteiger charge is -2.23. The lowest BCUT2D eigenvalue weighted by atomic mass is 10.1. The molecule has 0 radical (unpaired) electrons. The molecule has 0 saturated carbocycles. The van der Waals surface area contributed by atoms with Crippen LogP contribution in [-0.4, -0.2) is 64.8 Å². The highest BCUT2D eigenvalue weighted by Gasteiger charge is 2.27. The van der Waals surface area contributed by atoms with Crippen LogP contribution in [0.2, 0.25) is 0 Å². The van der Waals surface area contributed by atoms with Crippen molar-refractivity contribution in [3.05, 3.63) is 17.0 Å². The van der Waals surface area contributed by atoms with E-state index in [4.69, 9.17) is 4.99 Å². The van der Waals surface area contributed by atoms with Crippen molar-refractivity contribution in [3.63, 3.8) is 0 Å². The van der Waals surface area contributed by atoms with Crippen molar-refractivity contribution in [1.29, 1.82) is 0 Å². The Morgan fingerprint density at radius 1 is 1.24 bits per heavy atom. The van der Waals surface area contributed by atoms with E-state index in [9.17, 15) is 0 Å². The maximum Gasteiger partial charge on any atom is 0.194 e. The van der Waals surface area contributed by atoms with Crippen LogP contribution in [0.4, 0.5) is 0 Å². The molecule has 3 heterocycles. The molecule has 3 rings (SSSR count). The summed E-state index contributed by atoms with van der Waals surface area (Å²) in [5, 5.41) is 8.00. The third kappa shape index (κ3) is 4.35. The quantitative estimate of drug-likeness (QED) is 0.654. The van der Waals surface area contributed by atoms with Gasteiger partial charge >= 0.3 is 0 Å². The number of aryl methyl sites for hydroxylation is 2. The number of nitrogens with zero attached hydrogens (tertiary/aromatic N) is 5. The summed E-state index contributed by atoms with van der Waals surface area (Å²) >= 11 is 0. The van der Waals surface area contributed by atoms with Gasteiger partial charge in [0.2, 0.25) is 0 Å². The molecule has 6 heteroatoms. The molecule has 0 bridgehead atoms. The average Bonchev–Trinajstić information content (AvgIpc) is 3.30. The van der Waals surface area contributed by atoms with Crippen LogP contribution < -0.4 is 5.32 Å². The zero-order chi connectivity index (χ0) is 17.8. The second kappa shape index (κ2) is 8.21. The van der Waals surface area contributed by atoms with Crippen LogP contribution in [0, 0.1) is 19.8 Å². The number of rotatable bonds is 5. The number of nitrogens with one attached hydrogen (secondary N) is 1. The van der Waals surface area contributed by atoms with Crippen LogP contribution in [0.25, 0.3) is 0 Å². The van der Waals surface area contributed by atoms with Gasteiger partial charge in [0.15, 0.2) is 5.96 Å².